The van der Waals surface area contributed by atoms with Crippen molar-refractivity contribution < 1.29 is 9.47 Å². The fraction of sp³-hybridized carbons (Fsp3) is 0.174. The summed E-state index contributed by atoms with van der Waals surface area (Å²) in [6, 6.07) is 22.5. The molecule has 4 rings (SSSR count). The fourth-order valence-corrected chi connectivity index (χ4v) is 3.19. The van der Waals surface area contributed by atoms with Gasteiger partial charge in [-0.1, -0.05) is 12.1 Å². The molecule has 0 fully saturated rings. The molecule has 2 heterocycles. The van der Waals surface area contributed by atoms with Crippen LogP contribution in [0.25, 0.3) is 22.6 Å². The first-order chi connectivity index (χ1) is 13.3. The van der Waals surface area contributed by atoms with Gasteiger partial charge < -0.3 is 14.0 Å². The zero-order chi connectivity index (χ0) is 18.6. The number of ether oxygens (including phenoxy) is 2. The summed E-state index contributed by atoms with van der Waals surface area (Å²) in [5.74, 6) is 2.73. The fourth-order valence-electron chi connectivity index (χ4n) is 3.19. The highest BCUT2D eigenvalue weighted by Crippen LogP contribution is 2.30. The van der Waals surface area contributed by atoms with Crippen molar-refractivity contribution in [3.63, 3.8) is 0 Å². The number of aromatic nitrogens is 2. The molecule has 2 aromatic carbocycles. The van der Waals surface area contributed by atoms with Crippen LogP contribution in [0, 0.1) is 0 Å². The van der Waals surface area contributed by atoms with E-state index in [1.165, 1.54) is 5.56 Å². The highest BCUT2D eigenvalue weighted by Gasteiger charge is 2.13. The van der Waals surface area contributed by atoms with Crippen LogP contribution in [-0.4, -0.2) is 23.3 Å². The van der Waals surface area contributed by atoms with E-state index in [1.807, 2.05) is 31.2 Å². The van der Waals surface area contributed by atoms with Crippen LogP contribution in [0.15, 0.2) is 72.9 Å². The summed E-state index contributed by atoms with van der Waals surface area (Å²) in [6.07, 6.45) is 2.07. The lowest BCUT2D eigenvalue weighted by Gasteiger charge is -2.11. The second kappa shape index (κ2) is 7.54. The van der Waals surface area contributed by atoms with Crippen molar-refractivity contribution in [3.8, 4) is 34.1 Å². The predicted octanol–water partition coefficient (Wildman–Crippen LogP) is 5.11. The van der Waals surface area contributed by atoms with E-state index in [-0.39, 0.29) is 0 Å². The molecule has 0 radical (unpaired) electrons. The average molecular weight is 358 g/mol. The van der Waals surface area contributed by atoms with E-state index < -0.39 is 0 Å². The van der Waals surface area contributed by atoms with Crippen LogP contribution in [-0.2, 0) is 6.54 Å². The molecule has 0 saturated heterocycles. The molecule has 0 N–H and O–H groups in total. The Morgan fingerprint density at radius 2 is 1.63 bits per heavy atom. The van der Waals surface area contributed by atoms with Gasteiger partial charge in [-0.25, -0.2) is 4.98 Å². The molecular formula is C23H22N2O2. The Morgan fingerprint density at radius 1 is 0.889 bits per heavy atom. The summed E-state index contributed by atoms with van der Waals surface area (Å²) in [6.45, 7) is 3.42. The van der Waals surface area contributed by atoms with E-state index in [0.29, 0.717) is 6.61 Å². The quantitative estimate of drug-likeness (QED) is 0.480. The summed E-state index contributed by atoms with van der Waals surface area (Å²) in [5.41, 5.74) is 4.40. The Morgan fingerprint density at radius 3 is 2.33 bits per heavy atom. The number of nitrogens with zero attached hydrogens (tertiary/aromatic N) is 2. The summed E-state index contributed by atoms with van der Waals surface area (Å²) < 4.78 is 12.9. The molecule has 2 aliphatic heterocycles. The highest BCUT2D eigenvalue weighted by atomic mass is 16.5. The lowest BCUT2D eigenvalue weighted by Crippen LogP contribution is -2.04. The predicted molar refractivity (Wildman–Crippen MR) is 108 cm³/mol. The van der Waals surface area contributed by atoms with Crippen molar-refractivity contribution in [1.82, 2.24) is 9.55 Å². The second-order valence-electron chi connectivity index (χ2n) is 6.36. The van der Waals surface area contributed by atoms with Crippen molar-refractivity contribution in [2.75, 3.05) is 13.7 Å². The van der Waals surface area contributed by atoms with E-state index in [0.717, 1.165) is 40.7 Å². The maximum atomic E-state index is 5.52. The smallest absolute Gasteiger partial charge is 0.140 e. The third-order valence-corrected chi connectivity index (χ3v) is 4.56. The number of methoxy groups -OCH3 is 1. The van der Waals surface area contributed by atoms with Crippen molar-refractivity contribution >= 4 is 0 Å². The summed E-state index contributed by atoms with van der Waals surface area (Å²) in [7, 11) is 1.68. The molecule has 0 amide bonds. The maximum absolute atomic E-state index is 5.52. The number of benzene rings is 2. The van der Waals surface area contributed by atoms with Crippen LogP contribution in [0.2, 0.25) is 0 Å². The highest BCUT2D eigenvalue weighted by molar-refractivity contribution is 5.72. The zero-order valence-electron chi connectivity index (χ0n) is 15.6. The van der Waals surface area contributed by atoms with Gasteiger partial charge in [-0.15, -0.1) is 0 Å². The molecule has 0 spiro atoms. The molecule has 2 aromatic rings. The first-order valence-electron chi connectivity index (χ1n) is 9.09. The molecule has 136 valence electrons. The molecule has 4 heteroatoms. The van der Waals surface area contributed by atoms with Crippen molar-refractivity contribution in [2.24, 2.45) is 0 Å². The molecule has 0 aromatic heterocycles. The zero-order valence-corrected chi connectivity index (χ0v) is 15.6. The Bertz CT molecular complexity index is 988. The largest absolute Gasteiger partial charge is 0.497 e. The van der Waals surface area contributed by atoms with Crippen molar-refractivity contribution in [2.45, 2.75) is 13.5 Å². The summed E-state index contributed by atoms with van der Waals surface area (Å²) in [4.78, 5) is 4.89. The summed E-state index contributed by atoms with van der Waals surface area (Å²) >= 11 is 0. The number of pyridine rings is 1. The lowest BCUT2D eigenvalue weighted by molar-refractivity contribution is 0.340. The number of hydrogen-bond acceptors (Lipinski definition) is 3. The number of fused-ring (bicyclic) bond motifs is 1. The molecule has 0 unspecified atom stereocenters. The van der Waals surface area contributed by atoms with Gasteiger partial charge in [0, 0.05) is 23.9 Å². The van der Waals surface area contributed by atoms with E-state index in [2.05, 4.69) is 53.2 Å². The van der Waals surface area contributed by atoms with Crippen LogP contribution in [0.1, 0.15) is 12.5 Å². The van der Waals surface area contributed by atoms with Crippen LogP contribution in [0.3, 0.4) is 0 Å². The van der Waals surface area contributed by atoms with Gasteiger partial charge in [-0.3, -0.25) is 0 Å². The third-order valence-electron chi connectivity index (χ3n) is 4.56. The van der Waals surface area contributed by atoms with Gasteiger partial charge in [-0.2, -0.15) is 0 Å². The van der Waals surface area contributed by atoms with Crippen LogP contribution < -0.4 is 9.47 Å². The SMILES string of the molecule is CCOc1ccc(-c2cc3cccn(Cc4ccc(OC)cc4)c-3n2)cc1. The van der Waals surface area contributed by atoms with E-state index >= 15 is 0 Å². The molecule has 0 bridgehead atoms. The molecule has 0 atom stereocenters. The lowest BCUT2D eigenvalue weighted by atomic mass is 10.1. The summed E-state index contributed by atoms with van der Waals surface area (Å²) in [5, 5.41) is 0. The molecule has 0 saturated carbocycles. The number of hydrogen-bond donors (Lipinski definition) is 0. The van der Waals surface area contributed by atoms with Gasteiger partial charge in [-0.05, 0) is 67.1 Å². The molecule has 2 aliphatic rings. The maximum Gasteiger partial charge on any atom is 0.140 e. The molecule has 4 nitrogen and oxygen atoms in total. The van der Waals surface area contributed by atoms with Gasteiger partial charge >= 0.3 is 0 Å². The topological polar surface area (TPSA) is 36.3 Å². The van der Waals surface area contributed by atoms with E-state index in [4.69, 9.17) is 14.5 Å². The third kappa shape index (κ3) is 3.65. The van der Waals surface area contributed by atoms with Crippen molar-refractivity contribution in [1.29, 1.82) is 0 Å². The van der Waals surface area contributed by atoms with Crippen LogP contribution >= 0.6 is 0 Å². The monoisotopic (exact) mass is 358 g/mol. The van der Waals surface area contributed by atoms with E-state index in [9.17, 15) is 0 Å². The standard InChI is InChI=1S/C23H22N2O2/c1-3-27-21-12-8-18(9-13-21)22-15-19-5-4-14-25(23(19)24-22)16-17-6-10-20(26-2)11-7-17/h4-15H,3,16H2,1-2H3. The first kappa shape index (κ1) is 17.2. The average Bonchev–Trinajstić information content (AvgIpc) is 3.15. The van der Waals surface area contributed by atoms with Gasteiger partial charge in [0.15, 0.2) is 0 Å². The Balaban J connectivity index is 1.63. The van der Waals surface area contributed by atoms with Gasteiger partial charge in [0.25, 0.3) is 0 Å². The van der Waals surface area contributed by atoms with Gasteiger partial charge in [0.05, 0.1) is 19.4 Å². The number of rotatable bonds is 6. The molecular weight excluding hydrogens is 336 g/mol. The van der Waals surface area contributed by atoms with E-state index in [1.54, 1.807) is 7.11 Å². The van der Waals surface area contributed by atoms with Gasteiger partial charge in [0.2, 0.25) is 0 Å². The molecule has 0 aliphatic carbocycles. The minimum Gasteiger partial charge on any atom is -0.497 e. The van der Waals surface area contributed by atoms with Crippen LogP contribution in [0.4, 0.5) is 0 Å². The minimum absolute atomic E-state index is 0.670. The minimum atomic E-state index is 0.670. The Labute approximate surface area is 159 Å². The Hall–Kier alpha value is -3.27. The first-order valence-corrected chi connectivity index (χ1v) is 9.09. The van der Waals surface area contributed by atoms with Gasteiger partial charge in [0.1, 0.15) is 17.3 Å². The second-order valence-corrected chi connectivity index (χ2v) is 6.36. The van der Waals surface area contributed by atoms with Crippen LogP contribution in [0.5, 0.6) is 11.5 Å². The van der Waals surface area contributed by atoms with Crippen molar-refractivity contribution in [3.05, 3.63) is 78.5 Å². The normalized spacial score (nSPS) is 10.9. The molecule has 27 heavy (non-hydrogen) atoms. The Kier molecular flexibility index (Phi) is 4.79.